The van der Waals surface area contributed by atoms with Crippen molar-refractivity contribution in [3.63, 3.8) is 0 Å². The van der Waals surface area contributed by atoms with Gasteiger partial charge in [-0.1, -0.05) is 6.07 Å². The fraction of sp³-hybridized carbons (Fsp3) is 0.214. The predicted octanol–water partition coefficient (Wildman–Crippen LogP) is 3.18. The van der Waals surface area contributed by atoms with E-state index in [-0.39, 0.29) is 5.56 Å². The molecule has 0 saturated carbocycles. The summed E-state index contributed by atoms with van der Waals surface area (Å²) in [4.78, 5) is 4.05. The second-order valence-electron chi connectivity index (χ2n) is 4.34. The Hall–Kier alpha value is -2.35. The molecule has 0 fully saturated rings. The van der Waals surface area contributed by atoms with Crippen molar-refractivity contribution in [2.24, 2.45) is 5.73 Å². The number of pyridine rings is 1. The Morgan fingerprint density at radius 3 is 2.41 bits per heavy atom. The summed E-state index contributed by atoms with van der Waals surface area (Å²) in [5.41, 5.74) is 6.61. The van der Waals surface area contributed by atoms with E-state index >= 15 is 0 Å². The minimum absolute atomic E-state index is 0.268. The van der Waals surface area contributed by atoms with E-state index in [9.17, 15) is 17.6 Å². The number of nitrogens with zero attached hydrogens (tertiary/aromatic N) is 1. The lowest BCUT2D eigenvalue weighted by atomic mass is 10.0. The SMILES string of the molecule is COc1ccc(C(N)c2ccc(OC(F)(F)F)c(F)c2)nc1. The van der Waals surface area contributed by atoms with E-state index in [0.717, 1.165) is 12.1 Å². The highest BCUT2D eigenvalue weighted by atomic mass is 19.4. The molecule has 1 aromatic carbocycles. The van der Waals surface area contributed by atoms with Crippen LogP contribution in [0, 0.1) is 5.82 Å². The smallest absolute Gasteiger partial charge is 0.495 e. The number of aromatic nitrogens is 1. The summed E-state index contributed by atoms with van der Waals surface area (Å²) in [5.74, 6) is -1.54. The summed E-state index contributed by atoms with van der Waals surface area (Å²) in [6.45, 7) is 0. The van der Waals surface area contributed by atoms with E-state index in [1.54, 1.807) is 12.1 Å². The van der Waals surface area contributed by atoms with Gasteiger partial charge in [-0.3, -0.25) is 4.98 Å². The van der Waals surface area contributed by atoms with Gasteiger partial charge in [-0.2, -0.15) is 0 Å². The molecule has 0 radical (unpaired) electrons. The first-order chi connectivity index (χ1) is 10.3. The normalized spacial score (nSPS) is 12.8. The summed E-state index contributed by atoms with van der Waals surface area (Å²) in [6.07, 6.45) is -3.52. The van der Waals surface area contributed by atoms with Crippen molar-refractivity contribution in [2.75, 3.05) is 7.11 Å². The topological polar surface area (TPSA) is 57.4 Å². The molecular weight excluding hydrogens is 304 g/mol. The van der Waals surface area contributed by atoms with Crippen LogP contribution in [0.15, 0.2) is 36.5 Å². The van der Waals surface area contributed by atoms with Gasteiger partial charge >= 0.3 is 6.36 Å². The summed E-state index contributed by atoms with van der Waals surface area (Å²) < 4.78 is 58.4. The Labute approximate surface area is 123 Å². The zero-order chi connectivity index (χ0) is 16.3. The molecule has 2 N–H and O–H groups in total. The van der Waals surface area contributed by atoms with E-state index in [2.05, 4.69) is 9.72 Å². The highest BCUT2D eigenvalue weighted by Gasteiger charge is 2.32. The largest absolute Gasteiger partial charge is 0.573 e. The van der Waals surface area contributed by atoms with Gasteiger partial charge in [0, 0.05) is 0 Å². The Balaban J connectivity index is 2.23. The first-order valence-corrected chi connectivity index (χ1v) is 6.11. The van der Waals surface area contributed by atoms with Gasteiger partial charge in [0.15, 0.2) is 11.6 Å². The fourth-order valence-electron chi connectivity index (χ4n) is 1.79. The number of hydrogen-bond acceptors (Lipinski definition) is 4. The van der Waals surface area contributed by atoms with Crippen LogP contribution < -0.4 is 15.2 Å². The zero-order valence-corrected chi connectivity index (χ0v) is 11.4. The van der Waals surface area contributed by atoms with Crippen LogP contribution in [0.1, 0.15) is 17.3 Å². The molecular formula is C14H12F4N2O2. The van der Waals surface area contributed by atoms with Crippen LogP contribution in [0.5, 0.6) is 11.5 Å². The number of halogens is 4. The van der Waals surface area contributed by atoms with Crippen molar-refractivity contribution in [1.29, 1.82) is 0 Å². The first-order valence-electron chi connectivity index (χ1n) is 6.11. The predicted molar refractivity (Wildman–Crippen MR) is 69.9 cm³/mol. The quantitative estimate of drug-likeness (QED) is 0.880. The molecule has 0 aliphatic carbocycles. The Bertz CT molecular complexity index is 644. The van der Waals surface area contributed by atoms with Crippen molar-refractivity contribution in [2.45, 2.75) is 12.4 Å². The molecule has 1 heterocycles. The van der Waals surface area contributed by atoms with Crippen molar-refractivity contribution in [3.05, 3.63) is 53.6 Å². The number of methoxy groups -OCH3 is 1. The van der Waals surface area contributed by atoms with Gasteiger partial charge in [0.1, 0.15) is 5.75 Å². The summed E-state index contributed by atoms with van der Waals surface area (Å²) in [5, 5.41) is 0. The number of ether oxygens (including phenoxy) is 2. The lowest BCUT2D eigenvalue weighted by Gasteiger charge is -2.14. The number of rotatable bonds is 4. The highest BCUT2D eigenvalue weighted by molar-refractivity contribution is 5.35. The Morgan fingerprint density at radius 2 is 1.91 bits per heavy atom. The molecule has 0 saturated heterocycles. The maximum absolute atomic E-state index is 13.7. The van der Waals surface area contributed by atoms with Crippen molar-refractivity contribution >= 4 is 0 Å². The van der Waals surface area contributed by atoms with Gasteiger partial charge < -0.3 is 15.2 Å². The molecule has 22 heavy (non-hydrogen) atoms. The lowest BCUT2D eigenvalue weighted by Crippen LogP contribution is -2.18. The van der Waals surface area contributed by atoms with Crippen LogP contribution in [-0.4, -0.2) is 18.5 Å². The molecule has 0 bridgehead atoms. The van der Waals surface area contributed by atoms with E-state index < -0.39 is 24.0 Å². The minimum Gasteiger partial charge on any atom is -0.495 e. The van der Waals surface area contributed by atoms with E-state index in [0.29, 0.717) is 11.4 Å². The van der Waals surface area contributed by atoms with Crippen LogP contribution >= 0.6 is 0 Å². The molecule has 118 valence electrons. The maximum Gasteiger partial charge on any atom is 0.573 e. The van der Waals surface area contributed by atoms with E-state index in [1.165, 1.54) is 19.4 Å². The van der Waals surface area contributed by atoms with Gasteiger partial charge in [0.25, 0.3) is 0 Å². The third kappa shape index (κ3) is 3.85. The van der Waals surface area contributed by atoms with Crippen molar-refractivity contribution in [3.8, 4) is 11.5 Å². The summed E-state index contributed by atoms with van der Waals surface area (Å²) in [6, 6.07) is 5.43. The second-order valence-corrected chi connectivity index (χ2v) is 4.34. The van der Waals surface area contributed by atoms with Gasteiger partial charge in [0.2, 0.25) is 0 Å². The van der Waals surface area contributed by atoms with Crippen LogP contribution in [0.2, 0.25) is 0 Å². The fourth-order valence-corrected chi connectivity index (χ4v) is 1.79. The van der Waals surface area contributed by atoms with Crippen molar-refractivity contribution < 1.29 is 27.0 Å². The first kappa shape index (κ1) is 16.0. The van der Waals surface area contributed by atoms with E-state index in [4.69, 9.17) is 10.5 Å². The maximum atomic E-state index is 13.7. The third-order valence-electron chi connectivity index (χ3n) is 2.85. The van der Waals surface area contributed by atoms with Gasteiger partial charge in [0.05, 0.1) is 25.0 Å². The average molecular weight is 316 g/mol. The van der Waals surface area contributed by atoms with Gasteiger partial charge in [-0.05, 0) is 29.8 Å². The Kier molecular flexibility index (Phi) is 4.51. The van der Waals surface area contributed by atoms with Crippen LogP contribution in [0.25, 0.3) is 0 Å². The molecule has 2 rings (SSSR count). The third-order valence-corrected chi connectivity index (χ3v) is 2.85. The molecule has 0 aliphatic rings. The Morgan fingerprint density at radius 1 is 1.18 bits per heavy atom. The number of nitrogens with two attached hydrogens (primary N) is 1. The average Bonchev–Trinajstić information content (AvgIpc) is 2.47. The molecule has 0 spiro atoms. The molecule has 1 atom stereocenters. The molecule has 0 aliphatic heterocycles. The number of benzene rings is 1. The van der Waals surface area contributed by atoms with E-state index in [1.807, 2.05) is 0 Å². The molecule has 0 amide bonds. The minimum atomic E-state index is -4.96. The molecule has 2 aromatic rings. The van der Waals surface area contributed by atoms with Gasteiger partial charge in [-0.25, -0.2) is 4.39 Å². The van der Waals surface area contributed by atoms with Crippen LogP contribution in [0.3, 0.4) is 0 Å². The van der Waals surface area contributed by atoms with Crippen molar-refractivity contribution in [1.82, 2.24) is 4.98 Å². The standard InChI is InChI=1S/C14H12F4N2O2/c1-21-9-3-4-11(20-7-9)13(19)8-2-5-12(10(15)6-8)22-14(16,17)18/h2-7,13H,19H2,1H3. The molecule has 8 heteroatoms. The van der Waals surface area contributed by atoms with Crippen LogP contribution in [-0.2, 0) is 0 Å². The summed E-state index contributed by atoms with van der Waals surface area (Å²) >= 11 is 0. The van der Waals surface area contributed by atoms with Gasteiger partial charge in [-0.15, -0.1) is 13.2 Å². The van der Waals surface area contributed by atoms with Crippen LogP contribution in [0.4, 0.5) is 17.6 Å². The number of hydrogen-bond donors (Lipinski definition) is 1. The monoisotopic (exact) mass is 316 g/mol. The molecule has 4 nitrogen and oxygen atoms in total. The zero-order valence-electron chi connectivity index (χ0n) is 11.4. The molecule has 1 aromatic heterocycles. The number of alkyl halides is 3. The highest BCUT2D eigenvalue weighted by Crippen LogP contribution is 2.28. The lowest BCUT2D eigenvalue weighted by molar-refractivity contribution is -0.275. The second kappa shape index (κ2) is 6.18. The summed E-state index contributed by atoms with van der Waals surface area (Å²) in [7, 11) is 1.48. The molecule has 1 unspecified atom stereocenters.